The Labute approximate surface area is 148 Å². The first-order chi connectivity index (χ1) is 12.3. The van der Waals surface area contributed by atoms with Crippen LogP contribution in [0, 0.1) is 6.92 Å². The van der Waals surface area contributed by atoms with Crippen molar-refractivity contribution >= 4 is 17.6 Å². The molecule has 0 amide bonds. The normalized spacial score (nSPS) is 18.6. The van der Waals surface area contributed by atoms with E-state index in [0.717, 1.165) is 49.6 Å². The molecule has 2 aliphatic rings. The van der Waals surface area contributed by atoms with Gasteiger partial charge in [-0.05, 0) is 25.8 Å². The highest BCUT2D eigenvalue weighted by Crippen LogP contribution is 2.24. The third-order valence-corrected chi connectivity index (χ3v) is 4.97. The van der Waals surface area contributed by atoms with Crippen molar-refractivity contribution in [3.05, 3.63) is 30.4 Å². The second-order valence-electron chi connectivity index (χ2n) is 6.81. The average Bonchev–Trinajstić information content (AvgIpc) is 3.15. The summed E-state index contributed by atoms with van der Waals surface area (Å²) in [5, 5.41) is 3.59. The van der Waals surface area contributed by atoms with Crippen LogP contribution in [0.5, 0.6) is 0 Å². The van der Waals surface area contributed by atoms with E-state index in [1.54, 1.807) is 12.4 Å². The largest absolute Gasteiger partial charge is 0.367 e. The van der Waals surface area contributed by atoms with E-state index in [0.29, 0.717) is 6.04 Å². The predicted molar refractivity (Wildman–Crippen MR) is 99.1 cm³/mol. The van der Waals surface area contributed by atoms with Gasteiger partial charge in [-0.15, -0.1) is 0 Å². The number of nitrogens with one attached hydrogen (secondary N) is 1. The lowest BCUT2D eigenvalue weighted by Crippen LogP contribution is -2.47. The fourth-order valence-corrected chi connectivity index (χ4v) is 3.66. The van der Waals surface area contributed by atoms with Crippen LogP contribution in [-0.4, -0.2) is 52.2 Å². The first-order valence-electron chi connectivity index (χ1n) is 9.17. The van der Waals surface area contributed by atoms with E-state index in [-0.39, 0.29) is 0 Å². The van der Waals surface area contributed by atoms with Gasteiger partial charge in [-0.2, -0.15) is 0 Å². The smallest absolute Gasteiger partial charge is 0.225 e. The lowest BCUT2D eigenvalue weighted by atomic mass is 10.2. The lowest BCUT2D eigenvalue weighted by molar-refractivity contribution is 0.633. The van der Waals surface area contributed by atoms with E-state index in [4.69, 9.17) is 0 Å². The summed E-state index contributed by atoms with van der Waals surface area (Å²) in [6.07, 6.45) is 8.71. The van der Waals surface area contributed by atoms with E-state index < -0.39 is 0 Å². The van der Waals surface area contributed by atoms with Gasteiger partial charge in [-0.1, -0.05) is 12.8 Å². The Kier molecular flexibility index (Phi) is 4.63. The van der Waals surface area contributed by atoms with Crippen LogP contribution in [0.4, 0.5) is 17.6 Å². The molecule has 7 heteroatoms. The summed E-state index contributed by atoms with van der Waals surface area (Å²) < 4.78 is 0. The van der Waals surface area contributed by atoms with Crippen molar-refractivity contribution in [2.45, 2.75) is 38.6 Å². The molecule has 2 aromatic rings. The monoisotopic (exact) mass is 339 g/mol. The molecular formula is C18H25N7. The van der Waals surface area contributed by atoms with E-state index in [1.165, 1.54) is 25.7 Å². The van der Waals surface area contributed by atoms with Crippen LogP contribution < -0.4 is 15.1 Å². The molecule has 1 aliphatic carbocycles. The topological polar surface area (TPSA) is 70.1 Å². The van der Waals surface area contributed by atoms with E-state index in [9.17, 15) is 0 Å². The summed E-state index contributed by atoms with van der Waals surface area (Å²) in [7, 11) is 0. The summed E-state index contributed by atoms with van der Waals surface area (Å²) in [6, 6.07) is 4.51. The first kappa shape index (κ1) is 16.1. The Morgan fingerprint density at radius 2 is 1.64 bits per heavy atom. The minimum absolute atomic E-state index is 0.564. The summed E-state index contributed by atoms with van der Waals surface area (Å²) in [5.41, 5.74) is 0. The van der Waals surface area contributed by atoms with Gasteiger partial charge in [-0.3, -0.25) is 0 Å². The average molecular weight is 339 g/mol. The molecule has 0 spiro atoms. The van der Waals surface area contributed by atoms with Gasteiger partial charge in [0.1, 0.15) is 17.5 Å². The zero-order chi connectivity index (χ0) is 17.1. The Balaban J connectivity index is 1.42. The molecule has 0 atom stereocenters. The zero-order valence-corrected chi connectivity index (χ0v) is 14.7. The molecule has 0 radical (unpaired) electrons. The third kappa shape index (κ3) is 3.81. The molecule has 0 aromatic carbocycles. The molecular weight excluding hydrogens is 314 g/mol. The molecule has 0 bridgehead atoms. The standard InChI is InChI=1S/C18H25N7/c1-14-21-16(23-15-5-2-3-6-15)13-17(22-14)24-9-11-25(12-10-24)18-19-7-4-8-20-18/h4,7-8,13,15H,2-3,5-6,9-12H2,1H3,(H,21,22,23). The van der Waals surface area contributed by atoms with Gasteiger partial charge in [-0.25, -0.2) is 19.9 Å². The number of anilines is 3. The maximum Gasteiger partial charge on any atom is 0.225 e. The van der Waals surface area contributed by atoms with Crippen molar-refractivity contribution < 1.29 is 0 Å². The van der Waals surface area contributed by atoms with Crippen molar-refractivity contribution in [3.8, 4) is 0 Å². The summed E-state index contributed by atoms with van der Waals surface area (Å²) in [6.45, 7) is 5.60. The molecule has 7 nitrogen and oxygen atoms in total. The molecule has 3 heterocycles. The van der Waals surface area contributed by atoms with Gasteiger partial charge in [0.15, 0.2) is 0 Å². The van der Waals surface area contributed by atoms with Crippen molar-refractivity contribution in [2.24, 2.45) is 0 Å². The summed E-state index contributed by atoms with van der Waals surface area (Å²) >= 11 is 0. The number of hydrogen-bond donors (Lipinski definition) is 1. The number of aryl methyl sites for hydroxylation is 1. The molecule has 1 aliphatic heterocycles. The highest BCUT2D eigenvalue weighted by Gasteiger charge is 2.21. The van der Waals surface area contributed by atoms with Crippen molar-refractivity contribution in [1.82, 2.24) is 19.9 Å². The molecule has 2 aromatic heterocycles. The SMILES string of the molecule is Cc1nc(NC2CCCC2)cc(N2CCN(c3ncccn3)CC2)n1. The minimum Gasteiger partial charge on any atom is -0.367 e. The number of nitrogens with zero attached hydrogens (tertiary/aromatic N) is 6. The lowest BCUT2D eigenvalue weighted by Gasteiger charge is -2.35. The van der Waals surface area contributed by atoms with Gasteiger partial charge < -0.3 is 15.1 Å². The quantitative estimate of drug-likeness (QED) is 0.916. The summed E-state index contributed by atoms with van der Waals surface area (Å²) in [5.74, 6) is 3.61. The second-order valence-corrected chi connectivity index (χ2v) is 6.81. The predicted octanol–water partition coefficient (Wildman–Crippen LogP) is 2.26. The Morgan fingerprint density at radius 1 is 0.960 bits per heavy atom. The molecule has 2 fully saturated rings. The Bertz CT molecular complexity index is 692. The van der Waals surface area contributed by atoms with Gasteiger partial charge in [0, 0.05) is 50.7 Å². The maximum atomic E-state index is 4.65. The van der Waals surface area contributed by atoms with Gasteiger partial charge in [0.2, 0.25) is 5.95 Å². The molecule has 1 N–H and O–H groups in total. The summed E-state index contributed by atoms with van der Waals surface area (Å²) in [4.78, 5) is 22.5. The van der Waals surface area contributed by atoms with Crippen molar-refractivity contribution in [3.63, 3.8) is 0 Å². The Morgan fingerprint density at radius 3 is 2.36 bits per heavy atom. The number of piperazine rings is 1. The van der Waals surface area contributed by atoms with Crippen molar-refractivity contribution in [2.75, 3.05) is 41.3 Å². The minimum atomic E-state index is 0.564. The Hall–Kier alpha value is -2.44. The van der Waals surface area contributed by atoms with Crippen LogP contribution >= 0.6 is 0 Å². The fraction of sp³-hybridized carbons (Fsp3) is 0.556. The van der Waals surface area contributed by atoms with Crippen LogP contribution in [0.1, 0.15) is 31.5 Å². The molecule has 132 valence electrons. The number of rotatable bonds is 4. The van der Waals surface area contributed by atoms with Crippen molar-refractivity contribution in [1.29, 1.82) is 0 Å². The van der Waals surface area contributed by atoms with Gasteiger partial charge in [0.25, 0.3) is 0 Å². The highest BCUT2D eigenvalue weighted by molar-refractivity contribution is 5.51. The van der Waals surface area contributed by atoms with Crippen LogP contribution in [-0.2, 0) is 0 Å². The van der Waals surface area contributed by atoms with Crippen LogP contribution in [0.3, 0.4) is 0 Å². The van der Waals surface area contributed by atoms with Crippen LogP contribution in [0.15, 0.2) is 24.5 Å². The number of hydrogen-bond acceptors (Lipinski definition) is 7. The second kappa shape index (κ2) is 7.21. The number of aromatic nitrogens is 4. The van der Waals surface area contributed by atoms with Crippen LogP contribution in [0.2, 0.25) is 0 Å². The molecule has 4 rings (SSSR count). The van der Waals surface area contributed by atoms with E-state index >= 15 is 0 Å². The zero-order valence-electron chi connectivity index (χ0n) is 14.7. The van der Waals surface area contributed by atoms with Gasteiger partial charge in [0.05, 0.1) is 0 Å². The third-order valence-electron chi connectivity index (χ3n) is 4.97. The fourth-order valence-electron chi connectivity index (χ4n) is 3.66. The molecule has 1 saturated heterocycles. The first-order valence-corrected chi connectivity index (χ1v) is 9.17. The van der Waals surface area contributed by atoms with E-state index in [2.05, 4.69) is 41.1 Å². The molecule has 25 heavy (non-hydrogen) atoms. The van der Waals surface area contributed by atoms with Crippen LogP contribution in [0.25, 0.3) is 0 Å². The van der Waals surface area contributed by atoms with E-state index in [1.807, 2.05) is 13.0 Å². The maximum absolute atomic E-state index is 4.65. The highest BCUT2D eigenvalue weighted by atomic mass is 15.3. The van der Waals surface area contributed by atoms with Gasteiger partial charge >= 0.3 is 0 Å². The molecule has 1 saturated carbocycles. The molecule has 0 unspecified atom stereocenters.